The van der Waals surface area contributed by atoms with Gasteiger partial charge in [-0.15, -0.1) is 0 Å². The van der Waals surface area contributed by atoms with E-state index in [9.17, 15) is 0 Å². The van der Waals surface area contributed by atoms with Crippen LogP contribution in [0.5, 0.6) is 0 Å². The molecular formula is C20H22N4. The van der Waals surface area contributed by atoms with Gasteiger partial charge in [0.2, 0.25) is 0 Å². The van der Waals surface area contributed by atoms with Gasteiger partial charge in [0.15, 0.2) is 0 Å². The van der Waals surface area contributed by atoms with Crippen LogP contribution in [0.2, 0.25) is 0 Å². The smallest absolute Gasteiger partial charge is 0.136 e. The van der Waals surface area contributed by atoms with Gasteiger partial charge in [0.1, 0.15) is 17.5 Å². The van der Waals surface area contributed by atoms with E-state index in [1.807, 2.05) is 25.1 Å². The fourth-order valence-corrected chi connectivity index (χ4v) is 2.50. The molecule has 1 heterocycles. The quantitative estimate of drug-likeness (QED) is 0.712. The van der Waals surface area contributed by atoms with Crippen LogP contribution < -0.4 is 10.6 Å². The lowest BCUT2D eigenvalue weighted by Crippen LogP contribution is -2.06. The molecule has 2 aromatic carbocycles. The van der Waals surface area contributed by atoms with Crippen molar-refractivity contribution in [1.29, 1.82) is 0 Å². The van der Waals surface area contributed by atoms with Crippen LogP contribution in [0.25, 0.3) is 0 Å². The summed E-state index contributed by atoms with van der Waals surface area (Å²) in [6.07, 6.45) is 0. The molecule has 0 aliphatic heterocycles. The lowest BCUT2D eigenvalue weighted by molar-refractivity contribution is 1.02. The number of nitrogens with zero attached hydrogens (tertiary/aromatic N) is 2. The van der Waals surface area contributed by atoms with Crippen molar-refractivity contribution in [2.24, 2.45) is 0 Å². The molecule has 3 rings (SSSR count). The van der Waals surface area contributed by atoms with Crippen molar-refractivity contribution in [3.05, 3.63) is 77.1 Å². The Bertz CT molecular complexity index is 825. The number of hydrogen-bond donors (Lipinski definition) is 2. The van der Waals surface area contributed by atoms with Crippen molar-refractivity contribution in [2.45, 2.75) is 27.3 Å². The maximum Gasteiger partial charge on any atom is 0.136 e. The number of anilines is 3. The van der Waals surface area contributed by atoms with E-state index in [1.165, 1.54) is 16.7 Å². The Morgan fingerprint density at radius 1 is 0.833 bits per heavy atom. The monoisotopic (exact) mass is 318 g/mol. The van der Waals surface area contributed by atoms with Crippen molar-refractivity contribution in [3.8, 4) is 0 Å². The first kappa shape index (κ1) is 16.0. The molecule has 0 aliphatic rings. The number of nitrogens with one attached hydrogen (secondary N) is 2. The summed E-state index contributed by atoms with van der Waals surface area (Å²) in [5, 5.41) is 6.72. The summed E-state index contributed by atoms with van der Waals surface area (Å²) in [7, 11) is 0. The lowest BCUT2D eigenvalue weighted by Gasteiger charge is -2.11. The zero-order valence-electron chi connectivity index (χ0n) is 14.3. The minimum absolute atomic E-state index is 0.736. The van der Waals surface area contributed by atoms with Crippen LogP contribution >= 0.6 is 0 Å². The molecule has 122 valence electrons. The molecule has 4 heteroatoms. The van der Waals surface area contributed by atoms with Crippen LogP contribution in [0.15, 0.2) is 54.6 Å². The van der Waals surface area contributed by atoms with Gasteiger partial charge in [-0.1, -0.05) is 42.0 Å². The molecule has 0 aliphatic carbocycles. The molecule has 0 unspecified atom stereocenters. The zero-order valence-corrected chi connectivity index (χ0v) is 14.3. The van der Waals surface area contributed by atoms with E-state index in [1.54, 1.807) is 0 Å². The fraction of sp³-hybridized carbons (Fsp3) is 0.200. The normalized spacial score (nSPS) is 10.5. The summed E-state index contributed by atoms with van der Waals surface area (Å²) < 4.78 is 0. The third kappa shape index (κ3) is 4.10. The largest absolute Gasteiger partial charge is 0.366 e. The van der Waals surface area contributed by atoms with Crippen LogP contribution in [0.3, 0.4) is 0 Å². The summed E-state index contributed by atoms with van der Waals surface area (Å²) in [4.78, 5) is 8.93. The van der Waals surface area contributed by atoms with E-state index in [-0.39, 0.29) is 0 Å². The van der Waals surface area contributed by atoms with Crippen LogP contribution in [0.4, 0.5) is 17.3 Å². The molecule has 0 bridgehead atoms. The average Bonchev–Trinajstić information content (AvgIpc) is 2.56. The third-order valence-corrected chi connectivity index (χ3v) is 3.88. The summed E-state index contributed by atoms with van der Waals surface area (Å²) in [5.74, 6) is 2.35. The van der Waals surface area contributed by atoms with Crippen LogP contribution in [0.1, 0.15) is 22.5 Å². The summed E-state index contributed by atoms with van der Waals surface area (Å²) >= 11 is 0. The molecule has 0 atom stereocenters. The zero-order chi connectivity index (χ0) is 16.9. The highest BCUT2D eigenvalue weighted by Gasteiger charge is 2.04. The van der Waals surface area contributed by atoms with E-state index in [2.05, 4.69) is 70.8 Å². The molecule has 0 saturated heterocycles. The second kappa shape index (κ2) is 7.13. The molecule has 1 aromatic heterocycles. The summed E-state index contributed by atoms with van der Waals surface area (Å²) in [5.41, 5.74) is 4.79. The standard InChI is InChI=1S/C20H22N4/c1-14-8-10-18(11-9-14)24-20-12-19(22-16(3)23-20)21-13-17-7-5-4-6-15(17)2/h4-12H,13H2,1-3H3,(H2,21,22,23,24). The topological polar surface area (TPSA) is 49.8 Å². The maximum atomic E-state index is 4.47. The first-order valence-electron chi connectivity index (χ1n) is 8.08. The highest BCUT2D eigenvalue weighted by molar-refractivity contribution is 5.59. The second-order valence-corrected chi connectivity index (χ2v) is 5.96. The van der Waals surface area contributed by atoms with Crippen molar-refractivity contribution in [2.75, 3.05) is 10.6 Å². The van der Waals surface area contributed by atoms with E-state index in [4.69, 9.17) is 0 Å². The molecule has 0 spiro atoms. The van der Waals surface area contributed by atoms with Gasteiger partial charge in [-0.05, 0) is 44.0 Å². The number of aryl methyl sites for hydroxylation is 3. The van der Waals surface area contributed by atoms with Gasteiger partial charge in [-0.3, -0.25) is 0 Å². The molecule has 0 amide bonds. The highest BCUT2D eigenvalue weighted by Crippen LogP contribution is 2.18. The number of benzene rings is 2. The Morgan fingerprint density at radius 2 is 1.54 bits per heavy atom. The Morgan fingerprint density at radius 3 is 2.29 bits per heavy atom. The molecule has 2 N–H and O–H groups in total. The average molecular weight is 318 g/mol. The van der Waals surface area contributed by atoms with E-state index in [0.717, 1.165) is 29.7 Å². The minimum atomic E-state index is 0.736. The summed E-state index contributed by atoms with van der Waals surface area (Å²) in [6, 6.07) is 18.5. The van der Waals surface area contributed by atoms with Crippen LogP contribution in [-0.4, -0.2) is 9.97 Å². The van der Waals surface area contributed by atoms with Gasteiger partial charge in [-0.2, -0.15) is 0 Å². The van der Waals surface area contributed by atoms with Crippen molar-refractivity contribution in [3.63, 3.8) is 0 Å². The van der Waals surface area contributed by atoms with Crippen molar-refractivity contribution >= 4 is 17.3 Å². The molecule has 3 aromatic rings. The van der Waals surface area contributed by atoms with Gasteiger partial charge in [-0.25, -0.2) is 9.97 Å². The SMILES string of the molecule is Cc1ccc(Nc2cc(NCc3ccccc3C)nc(C)n2)cc1. The molecular weight excluding hydrogens is 296 g/mol. The molecule has 0 saturated carbocycles. The Hall–Kier alpha value is -2.88. The molecule has 0 fully saturated rings. The maximum absolute atomic E-state index is 4.47. The molecule has 4 nitrogen and oxygen atoms in total. The molecule has 24 heavy (non-hydrogen) atoms. The number of aromatic nitrogens is 2. The second-order valence-electron chi connectivity index (χ2n) is 5.96. The Kier molecular flexibility index (Phi) is 4.75. The predicted octanol–water partition coefficient (Wildman–Crippen LogP) is 4.76. The van der Waals surface area contributed by atoms with Crippen LogP contribution in [0, 0.1) is 20.8 Å². The van der Waals surface area contributed by atoms with Crippen molar-refractivity contribution in [1.82, 2.24) is 9.97 Å². The Balaban J connectivity index is 1.74. The van der Waals surface area contributed by atoms with Crippen molar-refractivity contribution < 1.29 is 0 Å². The first-order valence-corrected chi connectivity index (χ1v) is 8.08. The van der Waals surface area contributed by atoms with Gasteiger partial charge in [0.05, 0.1) is 0 Å². The minimum Gasteiger partial charge on any atom is -0.366 e. The van der Waals surface area contributed by atoms with Gasteiger partial charge in [0.25, 0.3) is 0 Å². The molecule has 0 radical (unpaired) electrons. The van der Waals surface area contributed by atoms with Gasteiger partial charge in [0, 0.05) is 18.3 Å². The predicted molar refractivity (Wildman–Crippen MR) is 99.7 cm³/mol. The van der Waals surface area contributed by atoms with E-state index < -0.39 is 0 Å². The van der Waals surface area contributed by atoms with E-state index in [0.29, 0.717) is 0 Å². The lowest BCUT2D eigenvalue weighted by atomic mass is 10.1. The van der Waals surface area contributed by atoms with Crippen LogP contribution in [-0.2, 0) is 6.54 Å². The van der Waals surface area contributed by atoms with Gasteiger partial charge >= 0.3 is 0 Å². The first-order chi connectivity index (χ1) is 11.6. The number of hydrogen-bond acceptors (Lipinski definition) is 4. The number of rotatable bonds is 5. The summed E-state index contributed by atoms with van der Waals surface area (Å²) in [6.45, 7) is 6.84. The highest BCUT2D eigenvalue weighted by atomic mass is 15.1. The van der Waals surface area contributed by atoms with E-state index >= 15 is 0 Å². The van der Waals surface area contributed by atoms with Gasteiger partial charge < -0.3 is 10.6 Å². The Labute approximate surface area is 143 Å². The fourth-order valence-electron chi connectivity index (χ4n) is 2.50. The third-order valence-electron chi connectivity index (χ3n) is 3.88.